The third kappa shape index (κ3) is 3.84. The van der Waals surface area contributed by atoms with Gasteiger partial charge in [-0.25, -0.2) is 4.98 Å². The normalized spacial score (nSPS) is 10.6. The molecule has 0 bridgehead atoms. The van der Waals surface area contributed by atoms with Crippen LogP contribution in [-0.2, 0) is 0 Å². The molecule has 0 unspecified atom stereocenters. The van der Waals surface area contributed by atoms with E-state index >= 15 is 0 Å². The first-order valence-corrected chi connectivity index (χ1v) is 9.30. The Labute approximate surface area is 173 Å². The van der Waals surface area contributed by atoms with E-state index in [0.717, 1.165) is 16.7 Å². The molecule has 0 spiro atoms. The summed E-state index contributed by atoms with van der Waals surface area (Å²) in [6.45, 7) is 0. The predicted molar refractivity (Wildman–Crippen MR) is 117 cm³/mol. The van der Waals surface area contributed by atoms with Gasteiger partial charge in [0.2, 0.25) is 5.91 Å². The maximum absolute atomic E-state index is 13.1. The fourth-order valence-corrected chi connectivity index (χ4v) is 3.22. The Hall–Kier alpha value is -4.19. The molecule has 2 amide bonds. The summed E-state index contributed by atoms with van der Waals surface area (Å²) in [5, 5.41) is 3.58. The van der Waals surface area contributed by atoms with Gasteiger partial charge in [-0.3, -0.25) is 9.59 Å². The van der Waals surface area contributed by atoms with Crippen LogP contribution in [0.3, 0.4) is 0 Å². The van der Waals surface area contributed by atoms with E-state index in [1.165, 1.54) is 0 Å². The quantitative estimate of drug-likeness (QED) is 0.526. The van der Waals surface area contributed by atoms with Crippen LogP contribution in [0.1, 0.15) is 20.7 Å². The fourth-order valence-electron chi connectivity index (χ4n) is 3.22. The average Bonchev–Trinajstić information content (AvgIpc) is 2.78. The van der Waals surface area contributed by atoms with E-state index in [9.17, 15) is 9.59 Å². The Kier molecular flexibility index (Phi) is 5.13. The number of primary amides is 1. The second-order valence-corrected chi connectivity index (χ2v) is 6.70. The summed E-state index contributed by atoms with van der Waals surface area (Å²) in [5.41, 5.74) is 8.88. The number of nitrogens with two attached hydrogens (primary N) is 1. The molecular weight excluding hydrogens is 378 g/mol. The number of ether oxygens (including phenoxy) is 1. The highest BCUT2D eigenvalue weighted by Crippen LogP contribution is 2.27. The number of hydrogen-bond acceptors (Lipinski definition) is 4. The van der Waals surface area contributed by atoms with Crippen molar-refractivity contribution in [2.45, 2.75) is 0 Å². The van der Waals surface area contributed by atoms with Crippen LogP contribution in [0, 0.1) is 0 Å². The number of anilines is 1. The van der Waals surface area contributed by atoms with Crippen LogP contribution in [0.15, 0.2) is 78.9 Å². The topological polar surface area (TPSA) is 94.3 Å². The van der Waals surface area contributed by atoms with E-state index in [1.807, 2.05) is 48.5 Å². The Morgan fingerprint density at radius 1 is 0.933 bits per heavy atom. The van der Waals surface area contributed by atoms with Gasteiger partial charge in [-0.05, 0) is 54.6 Å². The minimum Gasteiger partial charge on any atom is -0.497 e. The van der Waals surface area contributed by atoms with Gasteiger partial charge >= 0.3 is 0 Å². The molecule has 6 nitrogen and oxygen atoms in total. The fraction of sp³-hybridized carbons (Fsp3) is 0.0417. The van der Waals surface area contributed by atoms with Crippen LogP contribution in [0.5, 0.6) is 5.75 Å². The number of nitrogens with one attached hydrogen (secondary N) is 1. The highest BCUT2D eigenvalue weighted by Gasteiger charge is 2.15. The summed E-state index contributed by atoms with van der Waals surface area (Å²) >= 11 is 0. The van der Waals surface area contributed by atoms with Gasteiger partial charge in [-0.15, -0.1) is 0 Å². The smallest absolute Gasteiger partial charge is 0.256 e. The van der Waals surface area contributed by atoms with Crippen molar-refractivity contribution in [3.63, 3.8) is 0 Å². The van der Waals surface area contributed by atoms with Crippen LogP contribution < -0.4 is 15.8 Å². The van der Waals surface area contributed by atoms with Gasteiger partial charge in [0, 0.05) is 22.2 Å². The van der Waals surface area contributed by atoms with Crippen LogP contribution in [0.2, 0.25) is 0 Å². The summed E-state index contributed by atoms with van der Waals surface area (Å²) < 4.78 is 5.21. The lowest BCUT2D eigenvalue weighted by Crippen LogP contribution is -2.15. The summed E-state index contributed by atoms with van der Waals surface area (Å²) in [6, 6.07) is 23.2. The summed E-state index contributed by atoms with van der Waals surface area (Å²) in [6.07, 6.45) is 0. The van der Waals surface area contributed by atoms with Gasteiger partial charge in [0.1, 0.15) is 5.75 Å². The Bertz CT molecular complexity index is 1250. The molecule has 0 aliphatic rings. The minimum atomic E-state index is -0.553. The number of amides is 2. The van der Waals surface area contributed by atoms with E-state index in [-0.39, 0.29) is 5.91 Å². The van der Waals surface area contributed by atoms with Crippen LogP contribution in [0.4, 0.5) is 5.69 Å². The van der Waals surface area contributed by atoms with Gasteiger partial charge in [0.05, 0.1) is 23.9 Å². The monoisotopic (exact) mass is 397 g/mol. The molecule has 4 rings (SSSR count). The number of benzene rings is 3. The number of pyridine rings is 1. The van der Waals surface area contributed by atoms with Gasteiger partial charge in [0.15, 0.2) is 0 Å². The molecule has 0 fully saturated rings. The molecule has 0 aliphatic carbocycles. The highest BCUT2D eigenvalue weighted by atomic mass is 16.5. The van der Waals surface area contributed by atoms with Gasteiger partial charge in [0.25, 0.3) is 5.91 Å². The molecule has 148 valence electrons. The Morgan fingerprint density at radius 3 is 2.43 bits per heavy atom. The molecule has 0 saturated carbocycles. The summed E-state index contributed by atoms with van der Waals surface area (Å²) in [5.74, 6) is -0.112. The predicted octanol–water partition coefficient (Wildman–Crippen LogP) is 4.26. The number of carbonyl (C=O) groups excluding carboxylic acids is 2. The highest BCUT2D eigenvalue weighted by molar-refractivity contribution is 6.13. The third-order valence-electron chi connectivity index (χ3n) is 4.75. The zero-order valence-corrected chi connectivity index (χ0v) is 16.3. The number of nitrogens with zero attached hydrogens (tertiary/aromatic N) is 1. The Morgan fingerprint density at radius 2 is 1.70 bits per heavy atom. The van der Waals surface area contributed by atoms with E-state index in [4.69, 9.17) is 15.5 Å². The van der Waals surface area contributed by atoms with Crippen molar-refractivity contribution in [2.75, 3.05) is 12.4 Å². The number of para-hydroxylation sites is 1. The van der Waals surface area contributed by atoms with E-state index in [1.54, 1.807) is 37.4 Å². The maximum Gasteiger partial charge on any atom is 0.256 e. The molecule has 1 heterocycles. The largest absolute Gasteiger partial charge is 0.497 e. The molecule has 1 aromatic heterocycles. The first-order chi connectivity index (χ1) is 14.5. The standard InChI is InChI=1S/C24H19N3O3/c1-30-18-11-9-15(10-12-18)22-14-20(19-7-2-3-8-21(19)27-22)24(29)26-17-6-4-5-16(13-17)23(25)28/h2-14H,1H3,(H2,25,28)(H,26,29). The summed E-state index contributed by atoms with van der Waals surface area (Å²) in [4.78, 5) is 29.2. The van der Waals surface area contributed by atoms with Crippen LogP contribution >= 0.6 is 0 Å². The van der Waals surface area contributed by atoms with Crippen LogP contribution in [-0.4, -0.2) is 23.9 Å². The van der Waals surface area contributed by atoms with Crippen molar-refractivity contribution >= 4 is 28.4 Å². The van der Waals surface area contributed by atoms with Crippen LogP contribution in [0.25, 0.3) is 22.2 Å². The number of aromatic nitrogens is 1. The molecule has 30 heavy (non-hydrogen) atoms. The van der Waals surface area contributed by atoms with Crippen molar-refractivity contribution < 1.29 is 14.3 Å². The summed E-state index contributed by atoms with van der Waals surface area (Å²) in [7, 11) is 1.61. The number of fused-ring (bicyclic) bond motifs is 1. The zero-order valence-electron chi connectivity index (χ0n) is 16.3. The van der Waals surface area contributed by atoms with Crippen molar-refractivity contribution in [3.8, 4) is 17.0 Å². The number of hydrogen-bond donors (Lipinski definition) is 2. The van der Waals surface area contributed by atoms with E-state index in [2.05, 4.69) is 5.32 Å². The Balaban J connectivity index is 1.76. The van der Waals surface area contributed by atoms with Gasteiger partial charge in [-0.1, -0.05) is 24.3 Å². The lowest BCUT2D eigenvalue weighted by Gasteiger charge is -2.11. The number of rotatable bonds is 5. The minimum absolute atomic E-state index is 0.301. The molecule has 0 aliphatic heterocycles. The first kappa shape index (κ1) is 19.1. The van der Waals surface area contributed by atoms with Gasteiger partial charge < -0.3 is 15.8 Å². The van der Waals surface area contributed by atoms with Crippen molar-refractivity contribution in [3.05, 3.63) is 90.0 Å². The van der Waals surface area contributed by atoms with E-state index in [0.29, 0.717) is 28.0 Å². The van der Waals surface area contributed by atoms with Gasteiger partial charge in [-0.2, -0.15) is 0 Å². The second kappa shape index (κ2) is 8.05. The molecule has 3 aromatic carbocycles. The van der Waals surface area contributed by atoms with Crippen molar-refractivity contribution in [2.24, 2.45) is 5.73 Å². The van der Waals surface area contributed by atoms with Crippen molar-refractivity contribution in [1.82, 2.24) is 4.98 Å². The molecule has 4 aromatic rings. The second-order valence-electron chi connectivity index (χ2n) is 6.70. The molecule has 0 radical (unpaired) electrons. The third-order valence-corrected chi connectivity index (χ3v) is 4.75. The number of methoxy groups -OCH3 is 1. The van der Waals surface area contributed by atoms with E-state index < -0.39 is 5.91 Å². The molecule has 6 heteroatoms. The lowest BCUT2D eigenvalue weighted by molar-refractivity contribution is 0.0996. The number of carbonyl (C=O) groups is 2. The molecule has 0 saturated heterocycles. The average molecular weight is 397 g/mol. The molecule has 3 N–H and O–H groups in total. The maximum atomic E-state index is 13.1. The first-order valence-electron chi connectivity index (χ1n) is 9.30. The van der Waals surface area contributed by atoms with Crippen molar-refractivity contribution in [1.29, 1.82) is 0 Å². The SMILES string of the molecule is COc1ccc(-c2cc(C(=O)Nc3cccc(C(N)=O)c3)c3ccccc3n2)cc1. The lowest BCUT2D eigenvalue weighted by atomic mass is 10.0. The molecular formula is C24H19N3O3. The zero-order chi connectivity index (χ0) is 21.1. The molecule has 0 atom stereocenters.